The van der Waals surface area contributed by atoms with E-state index in [1.165, 1.54) is 11.1 Å². The van der Waals surface area contributed by atoms with Gasteiger partial charge in [0.05, 0.1) is 0 Å². The lowest BCUT2D eigenvalue weighted by molar-refractivity contribution is -0.192. The minimum absolute atomic E-state index is 0.133. The van der Waals surface area contributed by atoms with E-state index >= 15 is 0 Å². The molecule has 1 amide bonds. The first kappa shape index (κ1) is 28.9. The summed E-state index contributed by atoms with van der Waals surface area (Å²) in [5, 5.41) is 13.6. The Hall–Kier alpha value is -4.09. The first-order valence-electron chi connectivity index (χ1n) is 12.7. The molecular weight excluding hydrogens is 527 g/mol. The summed E-state index contributed by atoms with van der Waals surface area (Å²) < 4.78 is 42.4. The first-order valence-corrected chi connectivity index (χ1v) is 12.7. The molecule has 2 aliphatic rings. The number of carboxylic acid groups (broad SMARTS) is 1. The number of piperazine rings is 1. The van der Waals surface area contributed by atoms with E-state index in [4.69, 9.17) is 19.4 Å². The summed E-state index contributed by atoms with van der Waals surface area (Å²) in [4.78, 5) is 24.0. The highest BCUT2D eigenvalue weighted by Gasteiger charge is 2.38. The smallest absolute Gasteiger partial charge is 0.475 e. The highest BCUT2D eigenvalue weighted by Crippen LogP contribution is 2.32. The number of nitrogens with zero attached hydrogens (tertiary/aromatic N) is 1. The number of amides is 1. The van der Waals surface area contributed by atoms with Gasteiger partial charge in [0.15, 0.2) is 11.5 Å². The van der Waals surface area contributed by atoms with Crippen molar-refractivity contribution in [1.29, 1.82) is 0 Å². The predicted molar refractivity (Wildman–Crippen MR) is 142 cm³/mol. The molecule has 8 nitrogen and oxygen atoms in total. The average molecular weight is 558 g/mol. The highest BCUT2D eigenvalue weighted by atomic mass is 19.4. The molecule has 1 saturated heterocycles. The third-order valence-corrected chi connectivity index (χ3v) is 6.38. The van der Waals surface area contributed by atoms with Crippen LogP contribution in [0.3, 0.4) is 0 Å². The van der Waals surface area contributed by atoms with Crippen molar-refractivity contribution >= 4 is 11.9 Å². The molecule has 0 saturated carbocycles. The van der Waals surface area contributed by atoms with E-state index in [9.17, 15) is 18.0 Å². The molecule has 3 N–H and O–H groups in total. The van der Waals surface area contributed by atoms with Crippen molar-refractivity contribution < 1.29 is 37.3 Å². The molecule has 0 radical (unpaired) electrons. The normalized spacial score (nSPS) is 16.6. The number of rotatable bonds is 6. The standard InChI is InChI=1S/C27H29N3O3.C2HF3O2/c1-19-16-30(11-10-28-19)17-21-5-3-7-23(13-21)22-6-2-4-20(12-22)15-29-27(31)24-8-9-25-26(14-24)33-18-32-25;3-2(4,5)1(6)7/h2-9,12-14,19,28H,10-11,15-18H2,1H3,(H,29,31);(H,6,7)/t19-;/m1./s1. The molecule has 2 heterocycles. The zero-order valence-corrected chi connectivity index (χ0v) is 21.8. The van der Waals surface area contributed by atoms with Gasteiger partial charge in [0.25, 0.3) is 5.91 Å². The van der Waals surface area contributed by atoms with Crippen molar-refractivity contribution in [3.05, 3.63) is 83.4 Å². The maximum atomic E-state index is 12.6. The summed E-state index contributed by atoms with van der Waals surface area (Å²) in [6, 6.07) is 22.9. The summed E-state index contributed by atoms with van der Waals surface area (Å²) in [6.45, 7) is 7.05. The van der Waals surface area contributed by atoms with E-state index < -0.39 is 12.1 Å². The number of fused-ring (bicyclic) bond motifs is 1. The van der Waals surface area contributed by atoms with Gasteiger partial charge >= 0.3 is 12.1 Å². The number of carbonyl (C=O) groups is 2. The van der Waals surface area contributed by atoms with Gasteiger partial charge in [0.2, 0.25) is 6.79 Å². The summed E-state index contributed by atoms with van der Waals surface area (Å²) >= 11 is 0. The second-order valence-corrected chi connectivity index (χ2v) is 9.54. The van der Waals surface area contributed by atoms with E-state index in [1.807, 2.05) is 12.1 Å². The van der Waals surface area contributed by atoms with Crippen molar-refractivity contribution in [3.8, 4) is 22.6 Å². The summed E-state index contributed by atoms with van der Waals surface area (Å²) in [7, 11) is 0. The fourth-order valence-electron chi connectivity index (χ4n) is 4.45. The number of ether oxygens (including phenoxy) is 2. The Balaban J connectivity index is 0.000000470. The van der Waals surface area contributed by atoms with E-state index in [1.54, 1.807) is 18.2 Å². The van der Waals surface area contributed by atoms with Gasteiger partial charge in [0, 0.05) is 44.3 Å². The van der Waals surface area contributed by atoms with Crippen molar-refractivity contribution in [3.63, 3.8) is 0 Å². The van der Waals surface area contributed by atoms with Crippen LogP contribution in [0.15, 0.2) is 66.7 Å². The zero-order chi connectivity index (χ0) is 28.7. The van der Waals surface area contributed by atoms with Crippen molar-refractivity contribution in [2.75, 3.05) is 26.4 Å². The van der Waals surface area contributed by atoms with Gasteiger partial charge < -0.3 is 25.2 Å². The number of carbonyl (C=O) groups excluding carboxylic acids is 1. The number of aliphatic carboxylic acids is 1. The van der Waals surface area contributed by atoms with E-state index in [0.29, 0.717) is 29.6 Å². The topological polar surface area (TPSA) is 100 Å². The Bertz CT molecular complexity index is 1350. The number of alkyl halides is 3. The number of benzene rings is 3. The van der Waals surface area contributed by atoms with E-state index in [-0.39, 0.29) is 12.7 Å². The van der Waals surface area contributed by atoms with Gasteiger partial charge in [-0.05, 0) is 59.5 Å². The van der Waals surface area contributed by atoms with Crippen molar-refractivity contribution in [2.24, 2.45) is 0 Å². The van der Waals surface area contributed by atoms with Gasteiger partial charge in [-0.25, -0.2) is 4.79 Å². The highest BCUT2D eigenvalue weighted by molar-refractivity contribution is 5.94. The molecule has 0 spiro atoms. The molecule has 2 aliphatic heterocycles. The second kappa shape index (κ2) is 12.8. The van der Waals surface area contributed by atoms with Gasteiger partial charge in [-0.15, -0.1) is 0 Å². The van der Waals surface area contributed by atoms with Gasteiger partial charge in [-0.3, -0.25) is 9.69 Å². The molecule has 0 aromatic heterocycles. The first-order chi connectivity index (χ1) is 19.1. The Morgan fingerprint density at radius 1 is 1.00 bits per heavy atom. The lowest BCUT2D eigenvalue weighted by atomic mass is 10.0. The maximum absolute atomic E-state index is 12.6. The molecule has 1 atom stereocenters. The average Bonchev–Trinajstić information content (AvgIpc) is 3.40. The fourth-order valence-corrected chi connectivity index (χ4v) is 4.45. The number of nitrogens with one attached hydrogen (secondary N) is 2. The molecule has 3 aromatic carbocycles. The van der Waals surface area contributed by atoms with E-state index in [2.05, 4.69) is 58.9 Å². The van der Waals surface area contributed by atoms with Gasteiger partial charge in [0.1, 0.15) is 0 Å². The number of hydrogen-bond acceptors (Lipinski definition) is 6. The number of halogens is 3. The van der Waals surface area contributed by atoms with E-state index in [0.717, 1.165) is 37.3 Å². The van der Waals surface area contributed by atoms with Crippen LogP contribution < -0.4 is 20.1 Å². The third kappa shape index (κ3) is 7.96. The van der Waals surface area contributed by atoms with Crippen LogP contribution in [-0.2, 0) is 17.9 Å². The molecule has 0 aliphatic carbocycles. The maximum Gasteiger partial charge on any atom is 0.490 e. The Kier molecular flexibility index (Phi) is 9.28. The SMILES string of the molecule is C[C@@H]1CN(Cc2cccc(-c3cccc(CNC(=O)c4ccc5c(c4)OCO5)c3)c2)CCN1.O=C(O)C(F)(F)F. The summed E-state index contributed by atoms with van der Waals surface area (Å²) in [5.41, 5.74) is 5.29. The van der Waals surface area contributed by atoms with Crippen LogP contribution in [0.25, 0.3) is 11.1 Å². The largest absolute Gasteiger partial charge is 0.490 e. The number of hydrogen-bond donors (Lipinski definition) is 3. The van der Waals surface area contributed by atoms with Crippen molar-refractivity contribution in [2.45, 2.75) is 32.2 Å². The predicted octanol–water partition coefficient (Wildman–Crippen LogP) is 4.44. The fraction of sp³-hybridized carbons (Fsp3) is 0.310. The lowest BCUT2D eigenvalue weighted by Crippen LogP contribution is -2.48. The summed E-state index contributed by atoms with van der Waals surface area (Å²) in [6.07, 6.45) is -5.08. The Morgan fingerprint density at radius 2 is 1.65 bits per heavy atom. The lowest BCUT2D eigenvalue weighted by Gasteiger charge is -2.31. The van der Waals surface area contributed by atoms with Crippen LogP contribution in [0.4, 0.5) is 13.2 Å². The molecular formula is C29H30F3N3O5. The molecule has 3 aromatic rings. The Labute approximate surface area is 229 Å². The van der Waals surface area contributed by atoms with Crippen LogP contribution in [0, 0.1) is 0 Å². The summed E-state index contributed by atoms with van der Waals surface area (Å²) in [5.74, 6) is -1.61. The minimum atomic E-state index is -5.08. The van der Waals surface area contributed by atoms with Crippen LogP contribution in [0.5, 0.6) is 11.5 Å². The molecule has 11 heteroatoms. The third-order valence-electron chi connectivity index (χ3n) is 6.38. The minimum Gasteiger partial charge on any atom is -0.475 e. The molecule has 1 fully saturated rings. The molecule has 0 unspecified atom stereocenters. The van der Waals surface area contributed by atoms with Gasteiger partial charge in [-0.2, -0.15) is 13.2 Å². The Morgan fingerprint density at radius 3 is 2.33 bits per heavy atom. The molecule has 5 rings (SSSR count). The van der Waals surface area contributed by atoms with Crippen LogP contribution in [0.1, 0.15) is 28.4 Å². The number of carboxylic acids is 1. The van der Waals surface area contributed by atoms with Crippen LogP contribution in [-0.4, -0.2) is 60.5 Å². The second-order valence-electron chi connectivity index (χ2n) is 9.54. The zero-order valence-electron chi connectivity index (χ0n) is 21.8. The molecule has 212 valence electrons. The van der Waals surface area contributed by atoms with Crippen molar-refractivity contribution in [1.82, 2.24) is 15.5 Å². The van der Waals surface area contributed by atoms with Crippen LogP contribution in [0.2, 0.25) is 0 Å². The quantitative estimate of drug-likeness (QED) is 0.412. The monoisotopic (exact) mass is 557 g/mol. The van der Waals surface area contributed by atoms with Crippen LogP contribution >= 0.6 is 0 Å². The molecule has 0 bridgehead atoms. The molecule has 40 heavy (non-hydrogen) atoms. The van der Waals surface area contributed by atoms with Gasteiger partial charge in [-0.1, -0.05) is 36.4 Å².